The van der Waals surface area contributed by atoms with Crippen LogP contribution in [0.5, 0.6) is 28.7 Å². The van der Waals surface area contributed by atoms with Gasteiger partial charge in [0.2, 0.25) is 0 Å². The van der Waals surface area contributed by atoms with Gasteiger partial charge in [-0.25, -0.2) is 0 Å². The predicted molar refractivity (Wildman–Crippen MR) is 95.6 cm³/mol. The number of ether oxygens (including phenoxy) is 2. The maximum absolute atomic E-state index is 12.2. The molecule has 0 fully saturated rings. The molecule has 0 aliphatic rings. The van der Waals surface area contributed by atoms with Crippen LogP contribution in [0.3, 0.4) is 0 Å². The number of methoxy groups -OCH3 is 2. The Bertz CT molecular complexity index is 806. The normalized spacial score (nSPS) is 10.1. The third-order valence-electron chi connectivity index (χ3n) is 3.64. The van der Waals surface area contributed by atoms with E-state index in [1.54, 1.807) is 18.2 Å². The van der Waals surface area contributed by atoms with Crippen LogP contribution in [0.15, 0.2) is 30.3 Å². The first-order chi connectivity index (χ1) is 12.8. The number of hydrogen-bond donors (Lipinski definition) is 5. The zero-order valence-electron chi connectivity index (χ0n) is 14.8. The second-order valence-electron chi connectivity index (χ2n) is 5.48. The fourth-order valence-electron chi connectivity index (χ4n) is 2.23. The van der Waals surface area contributed by atoms with Crippen LogP contribution in [-0.2, 0) is 0 Å². The Morgan fingerprint density at radius 3 is 1.59 bits per heavy atom. The number of aromatic hydroxyl groups is 3. The standard InChI is InChI=1S/C18H20N2O7/c1-26-12-5-10(6-13(9-12)27-2)17(24)19-3-4-20-18(25)11-7-14(21)16(23)15(22)8-11/h5-9,21-23H,3-4H2,1-2H3,(H,19,24)(H,20,25). The van der Waals surface area contributed by atoms with Crippen LogP contribution in [0, 0.1) is 0 Å². The fraction of sp³-hybridized carbons (Fsp3) is 0.222. The summed E-state index contributed by atoms with van der Waals surface area (Å²) in [6.45, 7) is 0.244. The average molecular weight is 376 g/mol. The number of carbonyl (C=O) groups excluding carboxylic acids is 2. The van der Waals surface area contributed by atoms with Crippen molar-refractivity contribution >= 4 is 11.8 Å². The van der Waals surface area contributed by atoms with Gasteiger partial charge in [-0.3, -0.25) is 9.59 Å². The van der Waals surface area contributed by atoms with Crippen LogP contribution < -0.4 is 20.1 Å². The minimum atomic E-state index is -0.701. The van der Waals surface area contributed by atoms with Gasteiger partial charge in [0.25, 0.3) is 11.8 Å². The lowest BCUT2D eigenvalue weighted by molar-refractivity contribution is 0.0927. The van der Waals surface area contributed by atoms with Gasteiger partial charge >= 0.3 is 0 Å². The molecular formula is C18H20N2O7. The van der Waals surface area contributed by atoms with Gasteiger partial charge < -0.3 is 35.4 Å². The third-order valence-corrected chi connectivity index (χ3v) is 3.64. The van der Waals surface area contributed by atoms with E-state index in [1.165, 1.54) is 14.2 Å². The number of hydrogen-bond acceptors (Lipinski definition) is 7. The Morgan fingerprint density at radius 2 is 1.19 bits per heavy atom. The van der Waals surface area contributed by atoms with E-state index < -0.39 is 23.2 Å². The van der Waals surface area contributed by atoms with E-state index in [4.69, 9.17) is 9.47 Å². The van der Waals surface area contributed by atoms with Gasteiger partial charge in [0.1, 0.15) is 11.5 Å². The first-order valence-corrected chi connectivity index (χ1v) is 7.90. The van der Waals surface area contributed by atoms with Gasteiger partial charge in [-0.05, 0) is 24.3 Å². The number of carbonyl (C=O) groups is 2. The topological polar surface area (TPSA) is 137 Å². The lowest BCUT2D eigenvalue weighted by atomic mass is 10.1. The molecule has 0 aromatic heterocycles. The van der Waals surface area contributed by atoms with Crippen molar-refractivity contribution in [2.75, 3.05) is 27.3 Å². The molecule has 0 heterocycles. The van der Waals surface area contributed by atoms with E-state index >= 15 is 0 Å². The summed E-state index contributed by atoms with van der Waals surface area (Å²) in [5, 5.41) is 33.3. The van der Waals surface area contributed by atoms with Crippen molar-refractivity contribution < 1.29 is 34.4 Å². The Balaban J connectivity index is 1.89. The molecule has 0 atom stereocenters. The van der Waals surface area contributed by atoms with Gasteiger partial charge in [0.05, 0.1) is 14.2 Å². The van der Waals surface area contributed by atoms with E-state index in [-0.39, 0.29) is 24.6 Å². The van der Waals surface area contributed by atoms with E-state index in [9.17, 15) is 24.9 Å². The summed E-state index contributed by atoms with van der Waals surface area (Å²) in [4.78, 5) is 24.2. The molecule has 2 aromatic carbocycles. The second-order valence-corrected chi connectivity index (χ2v) is 5.48. The molecule has 144 valence electrons. The van der Waals surface area contributed by atoms with Crippen LogP contribution in [-0.4, -0.2) is 54.4 Å². The molecule has 0 saturated heterocycles. The summed E-state index contributed by atoms with van der Waals surface area (Å²) in [5.74, 6) is -1.94. The van der Waals surface area contributed by atoms with Gasteiger partial charge in [0, 0.05) is 30.3 Å². The highest BCUT2D eigenvalue weighted by Crippen LogP contribution is 2.35. The Kier molecular flexibility index (Phi) is 6.32. The molecule has 9 nitrogen and oxygen atoms in total. The summed E-state index contributed by atoms with van der Waals surface area (Å²) >= 11 is 0. The average Bonchev–Trinajstić information content (AvgIpc) is 2.67. The molecule has 0 radical (unpaired) electrons. The molecule has 0 aliphatic carbocycles. The van der Waals surface area contributed by atoms with Crippen LogP contribution >= 0.6 is 0 Å². The SMILES string of the molecule is COc1cc(OC)cc(C(=O)NCCNC(=O)c2cc(O)c(O)c(O)c2)c1. The Morgan fingerprint density at radius 1 is 0.778 bits per heavy atom. The predicted octanol–water partition coefficient (Wildman–Crippen LogP) is 0.980. The quantitative estimate of drug-likeness (QED) is 0.359. The van der Waals surface area contributed by atoms with Crippen molar-refractivity contribution in [2.45, 2.75) is 0 Å². The summed E-state index contributed by atoms with van der Waals surface area (Å²) in [6.07, 6.45) is 0. The van der Waals surface area contributed by atoms with Crippen molar-refractivity contribution in [1.82, 2.24) is 10.6 Å². The van der Waals surface area contributed by atoms with Crippen LogP contribution in [0.2, 0.25) is 0 Å². The molecule has 0 unspecified atom stereocenters. The molecular weight excluding hydrogens is 356 g/mol. The number of amides is 2. The Hall–Kier alpha value is -3.62. The molecule has 2 aromatic rings. The minimum Gasteiger partial charge on any atom is -0.504 e. The number of rotatable bonds is 7. The van der Waals surface area contributed by atoms with Crippen molar-refractivity contribution in [3.05, 3.63) is 41.5 Å². The first kappa shape index (κ1) is 19.7. The number of nitrogens with one attached hydrogen (secondary N) is 2. The van der Waals surface area contributed by atoms with E-state index in [1.807, 2.05) is 0 Å². The van der Waals surface area contributed by atoms with Crippen LogP contribution in [0.25, 0.3) is 0 Å². The maximum Gasteiger partial charge on any atom is 0.251 e. The zero-order valence-corrected chi connectivity index (χ0v) is 14.8. The lowest BCUT2D eigenvalue weighted by Gasteiger charge is -2.10. The molecule has 0 bridgehead atoms. The molecule has 27 heavy (non-hydrogen) atoms. The summed E-state index contributed by atoms with van der Waals surface area (Å²) < 4.78 is 10.2. The molecule has 9 heteroatoms. The molecule has 0 aliphatic heterocycles. The van der Waals surface area contributed by atoms with Gasteiger partial charge in [-0.15, -0.1) is 0 Å². The molecule has 5 N–H and O–H groups in total. The number of phenolic OH excluding ortho intramolecular Hbond substituents is 3. The van der Waals surface area contributed by atoms with Gasteiger partial charge in [0.15, 0.2) is 17.2 Å². The summed E-state index contributed by atoms with van der Waals surface area (Å²) in [6, 6.07) is 6.79. The van der Waals surface area contributed by atoms with E-state index in [0.717, 1.165) is 12.1 Å². The minimum absolute atomic E-state index is 0.0355. The maximum atomic E-state index is 12.2. The highest BCUT2D eigenvalue weighted by molar-refractivity contribution is 5.96. The van der Waals surface area contributed by atoms with Gasteiger partial charge in [-0.2, -0.15) is 0 Å². The molecule has 0 saturated carbocycles. The highest BCUT2D eigenvalue weighted by atomic mass is 16.5. The van der Waals surface area contributed by atoms with Crippen molar-refractivity contribution in [1.29, 1.82) is 0 Å². The van der Waals surface area contributed by atoms with E-state index in [2.05, 4.69) is 10.6 Å². The summed E-state index contributed by atoms with van der Waals surface area (Å²) in [7, 11) is 2.95. The molecule has 2 rings (SSSR count). The van der Waals surface area contributed by atoms with Crippen molar-refractivity contribution in [3.63, 3.8) is 0 Å². The largest absolute Gasteiger partial charge is 0.504 e. The molecule has 0 spiro atoms. The molecule has 2 amide bonds. The highest BCUT2D eigenvalue weighted by Gasteiger charge is 2.14. The van der Waals surface area contributed by atoms with Crippen molar-refractivity contribution in [2.24, 2.45) is 0 Å². The summed E-state index contributed by atoms with van der Waals surface area (Å²) in [5.41, 5.74) is 0.303. The van der Waals surface area contributed by atoms with Gasteiger partial charge in [-0.1, -0.05) is 0 Å². The second kappa shape index (κ2) is 8.65. The monoisotopic (exact) mass is 376 g/mol. The smallest absolute Gasteiger partial charge is 0.251 e. The number of benzene rings is 2. The fourth-order valence-corrected chi connectivity index (χ4v) is 2.23. The first-order valence-electron chi connectivity index (χ1n) is 7.90. The lowest BCUT2D eigenvalue weighted by Crippen LogP contribution is -2.34. The van der Waals surface area contributed by atoms with Crippen LogP contribution in [0.1, 0.15) is 20.7 Å². The third kappa shape index (κ3) is 4.94. The van der Waals surface area contributed by atoms with Crippen LogP contribution in [0.4, 0.5) is 0 Å². The zero-order chi connectivity index (χ0) is 20.0. The Labute approximate surface area is 155 Å². The van der Waals surface area contributed by atoms with Crippen molar-refractivity contribution in [3.8, 4) is 28.7 Å². The number of phenols is 3. The van der Waals surface area contributed by atoms with E-state index in [0.29, 0.717) is 17.1 Å².